The molecule has 1 atom stereocenters. The van der Waals surface area contributed by atoms with Gasteiger partial charge in [0.05, 0.1) is 0 Å². The van der Waals surface area contributed by atoms with E-state index < -0.39 is 18.0 Å². The molecule has 0 aromatic carbocycles. The van der Waals surface area contributed by atoms with Crippen LogP contribution in [0.15, 0.2) is 17.5 Å². The number of amides is 2. The highest BCUT2D eigenvalue weighted by molar-refractivity contribution is 7.10. The fraction of sp³-hybridized carbons (Fsp3) is 0.600. The molecule has 21 heavy (non-hydrogen) atoms. The topological polar surface area (TPSA) is 78.4 Å². The van der Waals surface area contributed by atoms with Gasteiger partial charge in [-0.05, 0) is 28.2 Å². The molecule has 0 saturated heterocycles. The van der Waals surface area contributed by atoms with E-state index in [-0.39, 0.29) is 10.8 Å². The third kappa shape index (κ3) is 2.90. The van der Waals surface area contributed by atoms with Crippen LogP contribution in [-0.4, -0.2) is 23.7 Å². The van der Waals surface area contributed by atoms with E-state index in [1.807, 2.05) is 0 Å². The second kappa shape index (κ2) is 5.33. The molecule has 5 nitrogen and oxygen atoms in total. The minimum atomic E-state index is -1.06. The van der Waals surface area contributed by atoms with Crippen molar-refractivity contribution in [2.24, 2.45) is 16.7 Å². The molecule has 2 rings (SSSR count). The van der Waals surface area contributed by atoms with Crippen molar-refractivity contribution in [2.75, 3.05) is 6.54 Å². The van der Waals surface area contributed by atoms with Gasteiger partial charge in [-0.3, -0.25) is 0 Å². The number of carboxylic acid groups (broad SMARTS) is 1. The first-order valence-electron chi connectivity index (χ1n) is 6.98. The highest BCUT2D eigenvalue weighted by Crippen LogP contribution is 2.67. The molecule has 1 fully saturated rings. The van der Waals surface area contributed by atoms with Gasteiger partial charge in [0, 0.05) is 11.4 Å². The summed E-state index contributed by atoms with van der Waals surface area (Å²) in [6.07, 6.45) is 0. The normalized spacial score (nSPS) is 20.6. The van der Waals surface area contributed by atoms with E-state index in [1.54, 1.807) is 17.5 Å². The van der Waals surface area contributed by atoms with Crippen molar-refractivity contribution in [3.05, 3.63) is 22.4 Å². The number of carbonyl (C=O) groups is 2. The Hall–Kier alpha value is -1.56. The molecular formula is C15H22N2O3S. The molecule has 2 amide bonds. The van der Waals surface area contributed by atoms with Crippen molar-refractivity contribution in [3.63, 3.8) is 0 Å². The van der Waals surface area contributed by atoms with E-state index in [0.29, 0.717) is 17.3 Å². The fourth-order valence-corrected chi connectivity index (χ4v) is 3.70. The molecule has 1 aliphatic rings. The molecule has 1 aromatic heterocycles. The summed E-state index contributed by atoms with van der Waals surface area (Å²) in [6.45, 7) is 9.29. The Kier molecular flexibility index (Phi) is 4.02. The Morgan fingerprint density at radius 2 is 1.95 bits per heavy atom. The Balaban J connectivity index is 1.89. The van der Waals surface area contributed by atoms with E-state index in [1.165, 1.54) is 11.3 Å². The van der Waals surface area contributed by atoms with Gasteiger partial charge < -0.3 is 15.7 Å². The van der Waals surface area contributed by atoms with Gasteiger partial charge in [-0.2, -0.15) is 0 Å². The van der Waals surface area contributed by atoms with E-state index in [9.17, 15) is 14.7 Å². The van der Waals surface area contributed by atoms with Crippen LogP contribution in [0.25, 0.3) is 0 Å². The molecular weight excluding hydrogens is 288 g/mol. The van der Waals surface area contributed by atoms with Crippen LogP contribution in [0.1, 0.15) is 38.6 Å². The maximum absolute atomic E-state index is 11.9. The van der Waals surface area contributed by atoms with Crippen LogP contribution in [-0.2, 0) is 4.79 Å². The van der Waals surface area contributed by atoms with Gasteiger partial charge in [0.25, 0.3) is 0 Å². The molecule has 1 saturated carbocycles. The zero-order valence-corrected chi connectivity index (χ0v) is 13.6. The molecule has 1 heterocycles. The lowest BCUT2D eigenvalue weighted by Crippen LogP contribution is -2.41. The van der Waals surface area contributed by atoms with Crippen molar-refractivity contribution in [3.8, 4) is 0 Å². The molecule has 1 aliphatic carbocycles. The lowest BCUT2D eigenvalue weighted by molar-refractivity contribution is -0.139. The Bertz CT molecular complexity index is 523. The van der Waals surface area contributed by atoms with Crippen LogP contribution in [0.2, 0.25) is 0 Å². The van der Waals surface area contributed by atoms with E-state index in [4.69, 9.17) is 0 Å². The standard InChI is InChI=1S/C15H22N2O3S/c1-14(2)10(15(14,3)4)8-16-13(20)17-11(12(18)19)9-6-5-7-21-9/h5-7,10-11H,8H2,1-4H3,(H,18,19)(H2,16,17,20). The quantitative estimate of drug-likeness (QED) is 0.782. The Morgan fingerprint density at radius 1 is 1.33 bits per heavy atom. The van der Waals surface area contributed by atoms with Crippen LogP contribution >= 0.6 is 11.3 Å². The monoisotopic (exact) mass is 310 g/mol. The zero-order valence-electron chi connectivity index (χ0n) is 12.8. The molecule has 116 valence electrons. The van der Waals surface area contributed by atoms with Gasteiger partial charge in [-0.1, -0.05) is 33.8 Å². The summed E-state index contributed by atoms with van der Waals surface area (Å²) in [5.74, 6) is -0.652. The second-order valence-corrected chi connectivity index (χ2v) is 7.62. The van der Waals surface area contributed by atoms with Crippen molar-refractivity contribution in [1.29, 1.82) is 0 Å². The van der Waals surface area contributed by atoms with Gasteiger partial charge in [-0.15, -0.1) is 11.3 Å². The van der Waals surface area contributed by atoms with Gasteiger partial charge in [0.2, 0.25) is 0 Å². The summed E-state index contributed by atoms with van der Waals surface area (Å²) < 4.78 is 0. The summed E-state index contributed by atoms with van der Waals surface area (Å²) in [5.41, 5.74) is 0.389. The van der Waals surface area contributed by atoms with Crippen molar-refractivity contribution < 1.29 is 14.7 Å². The van der Waals surface area contributed by atoms with E-state index in [0.717, 1.165) is 0 Å². The number of hydrogen-bond acceptors (Lipinski definition) is 3. The van der Waals surface area contributed by atoms with Crippen molar-refractivity contribution in [1.82, 2.24) is 10.6 Å². The minimum absolute atomic E-state index is 0.195. The smallest absolute Gasteiger partial charge is 0.331 e. The molecule has 0 spiro atoms. The molecule has 0 radical (unpaired) electrons. The average Bonchev–Trinajstić information content (AvgIpc) is 2.80. The molecule has 1 aromatic rings. The SMILES string of the molecule is CC1(C)C(CNC(=O)NC(C(=O)O)c2cccs2)C1(C)C. The first-order valence-corrected chi connectivity index (χ1v) is 7.86. The molecule has 3 N–H and O–H groups in total. The highest BCUT2D eigenvalue weighted by atomic mass is 32.1. The molecule has 0 bridgehead atoms. The minimum Gasteiger partial charge on any atom is -0.479 e. The number of urea groups is 1. The Morgan fingerprint density at radius 3 is 2.38 bits per heavy atom. The van der Waals surface area contributed by atoms with Crippen LogP contribution in [0, 0.1) is 16.7 Å². The fourth-order valence-electron chi connectivity index (χ4n) is 2.93. The highest BCUT2D eigenvalue weighted by Gasteiger charge is 2.64. The summed E-state index contributed by atoms with van der Waals surface area (Å²) >= 11 is 1.31. The molecule has 0 aliphatic heterocycles. The summed E-state index contributed by atoms with van der Waals surface area (Å²) in [4.78, 5) is 23.8. The number of nitrogens with one attached hydrogen (secondary N) is 2. The third-order valence-electron chi connectivity index (χ3n) is 5.14. The lowest BCUT2D eigenvalue weighted by Gasteiger charge is -2.14. The van der Waals surface area contributed by atoms with Gasteiger partial charge in [-0.25, -0.2) is 9.59 Å². The lowest BCUT2D eigenvalue weighted by atomic mass is 10.0. The van der Waals surface area contributed by atoms with E-state index in [2.05, 4.69) is 38.3 Å². The van der Waals surface area contributed by atoms with Crippen LogP contribution < -0.4 is 10.6 Å². The second-order valence-electron chi connectivity index (χ2n) is 6.64. The van der Waals surface area contributed by atoms with Crippen molar-refractivity contribution in [2.45, 2.75) is 33.7 Å². The Labute approximate surface area is 128 Å². The molecule has 6 heteroatoms. The van der Waals surface area contributed by atoms with Crippen LogP contribution in [0.4, 0.5) is 4.79 Å². The average molecular weight is 310 g/mol. The summed E-state index contributed by atoms with van der Waals surface area (Å²) in [6, 6.07) is 2.04. The predicted octanol–water partition coefficient (Wildman–Crippen LogP) is 2.86. The van der Waals surface area contributed by atoms with Gasteiger partial charge in [0.15, 0.2) is 6.04 Å². The number of thiophene rings is 1. The summed E-state index contributed by atoms with van der Waals surface area (Å²) in [5, 5.41) is 16.3. The predicted molar refractivity (Wildman–Crippen MR) is 82.3 cm³/mol. The summed E-state index contributed by atoms with van der Waals surface area (Å²) in [7, 11) is 0. The first-order chi connectivity index (χ1) is 9.68. The number of carboxylic acids is 1. The van der Waals surface area contributed by atoms with Crippen molar-refractivity contribution >= 4 is 23.3 Å². The maximum atomic E-state index is 11.9. The maximum Gasteiger partial charge on any atom is 0.331 e. The van der Waals surface area contributed by atoms with Gasteiger partial charge in [0.1, 0.15) is 0 Å². The van der Waals surface area contributed by atoms with Crippen LogP contribution in [0.5, 0.6) is 0 Å². The van der Waals surface area contributed by atoms with Crippen LogP contribution in [0.3, 0.4) is 0 Å². The number of aliphatic carboxylic acids is 1. The first kappa shape index (κ1) is 15.8. The number of hydrogen-bond donors (Lipinski definition) is 3. The number of rotatable bonds is 5. The van der Waals surface area contributed by atoms with E-state index >= 15 is 0 Å². The zero-order chi connectivity index (χ0) is 15.8. The molecule has 1 unspecified atom stereocenters. The number of carbonyl (C=O) groups excluding carboxylic acids is 1. The largest absolute Gasteiger partial charge is 0.479 e. The van der Waals surface area contributed by atoms with Gasteiger partial charge >= 0.3 is 12.0 Å². The third-order valence-corrected chi connectivity index (χ3v) is 6.07.